The second-order valence-electron chi connectivity index (χ2n) is 7.11. The lowest BCUT2D eigenvalue weighted by Crippen LogP contribution is -2.45. The zero-order valence-corrected chi connectivity index (χ0v) is 12.9. The monoisotopic (exact) mass is 266 g/mol. The van der Waals surface area contributed by atoms with E-state index in [1.807, 2.05) is 0 Å². The Labute approximate surface area is 117 Å². The van der Waals surface area contributed by atoms with Crippen LogP contribution in [-0.2, 0) is 4.79 Å². The fourth-order valence-electron chi connectivity index (χ4n) is 3.78. The molecular formula is C16H30N2O. The van der Waals surface area contributed by atoms with E-state index in [1.165, 1.54) is 25.7 Å². The van der Waals surface area contributed by atoms with Crippen LogP contribution in [0.4, 0.5) is 0 Å². The van der Waals surface area contributed by atoms with E-state index in [0.29, 0.717) is 18.5 Å². The van der Waals surface area contributed by atoms with Crippen LogP contribution in [0.5, 0.6) is 0 Å². The molecule has 0 aromatic rings. The Morgan fingerprint density at radius 2 is 1.89 bits per heavy atom. The summed E-state index contributed by atoms with van der Waals surface area (Å²) in [7, 11) is 0. The number of hydrogen-bond donors (Lipinski definition) is 2. The number of amides is 1. The summed E-state index contributed by atoms with van der Waals surface area (Å²) in [6.07, 6.45) is 5.67. The van der Waals surface area contributed by atoms with Gasteiger partial charge in [-0.3, -0.25) is 4.79 Å². The number of rotatable bonds is 6. The quantitative estimate of drug-likeness (QED) is 0.776. The van der Waals surface area contributed by atoms with Crippen molar-refractivity contribution in [3.8, 4) is 0 Å². The van der Waals surface area contributed by atoms with E-state index >= 15 is 0 Å². The minimum Gasteiger partial charge on any atom is -0.352 e. The van der Waals surface area contributed by atoms with Crippen molar-refractivity contribution in [2.75, 3.05) is 6.54 Å². The fraction of sp³-hybridized carbons (Fsp3) is 0.938. The second-order valence-corrected chi connectivity index (χ2v) is 7.11. The van der Waals surface area contributed by atoms with E-state index in [1.54, 1.807) is 0 Å². The Bertz CT molecular complexity index is 316. The van der Waals surface area contributed by atoms with Crippen LogP contribution < -0.4 is 10.6 Å². The Kier molecular flexibility index (Phi) is 4.88. The van der Waals surface area contributed by atoms with E-state index in [-0.39, 0.29) is 11.9 Å². The molecule has 2 aliphatic carbocycles. The van der Waals surface area contributed by atoms with Gasteiger partial charge in [0.1, 0.15) is 0 Å². The van der Waals surface area contributed by atoms with E-state index in [2.05, 4.69) is 38.3 Å². The van der Waals surface area contributed by atoms with Crippen LogP contribution in [-0.4, -0.2) is 24.5 Å². The number of carbonyl (C=O) groups is 1. The summed E-state index contributed by atoms with van der Waals surface area (Å²) in [6, 6.07) is 0.738. The van der Waals surface area contributed by atoms with E-state index in [9.17, 15) is 4.79 Å². The van der Waals surface area contributed by atoms with Gasteiger partial charge >= 0.3 is 0 Å². The zero-order valence-electron chi connectivity index (χ0n) is 12.9. The summed E-state index contributed by atoms with van der Waals surface area (Å²) in [6.45, 7) is 9.06. The summed E-state index contributed by atoms with van der Waals surface area (Å²) in [5, 5.41) is 6.50. The lowest BCUT2D eigenvalue weighted by Gasteiger charge is -2.28. The number of hydrogen-bond acceptors (Lipinski definition) is 2. The lowest BCUT2D eigenvalue weighted by molar-refractivity contribution is -0.121. The highest BCUT2D eigenvalue weighted by atomic mass is 16.1. The third-order valence-corrected chi connectivity index (χ3v) is 5.41. The van der Waals surface area contributed by atoms with Crippen LogP contribution in [0.25, 0.3) is 0 Å². The molecule has 0 aromatic heterocycles. The number of nitrogens with one attached hydrogen (secondary N) is 2. The molecule has 2 N–H and O–H groups in total. The minimum absolute atomic E-state index is 0.135. The third-order valence-electron chi connectivity index (χ3n) is 5.41. The van der Waals surface area contributed by atoms with Crippen molar-refractivity contribution in [2.24, 2.45) is 23.7 Å². The molecule has 5 unspecified atom stereocenters. The Balaban J connectivity index is 1.69. The van der Waals surface area contributed by atoms with Crippen LogP contribution in [0.15, 0.2) is 0 Å². The largest absolute Gasteiger partial charge is 0.352 e. The van der Waals surface area contributed by atoms with Gasteiger partial charge in [0.05, 0.1) is 6.54 Å². The van der Waals surface area contributed by atoms with Gasteiger partial charge in [-0.1, -0.05) is 20.3 Å². The van der Waals surface area contributed by atoms with Gasteiger partial charge < -0.3 is 10.6 Å². The standard InChI is InChI=1S/C16H30N2O/c1-10(2)11(3)18-16(19)9-17-12(4)15-8-13-5-6-14(15)7-13/h10-15,17H,5-9H2,1-4H3,(H,18,19). The first-order chi connectivity index (χ1) is 8.97. The number of fused-ring (bicyclic) bond motifs is 2. The molecule has 2 bridgehead atoms. The van der Waals surface area contributed by atoms with Gasteiger partial charge in [-0.05, 0) is 56.8 Å². The highest BCUT2D eigenvalue weighted by molar-refractivity contribution is 5.78. The highest BCUT2D eigenvalue weighted by Gasteiger charge is 2.41. The van der Waals surface area contributed by atoms with Crippen molar-refractivity contribution >= 4 is 5.91 Å². The van der Waals surface area contributed by atoms with Gasteiger partial charge in [0.15, 0.2) is 0 Å². The van der Waals surface area contributed by atoms with Crippen LogP contribution in [0.1, 0.15) is 53.4 Å². The van der Waals surface area contributed by atoms with Crippen molar-refractivity contribution in [1.29, 1.82) is 0 Å². The van der Waals surface area contributed by atoms with E-state index in [0.717, 1.165) is 17.8 Å². The van der Waals surface area contributed by atoms with E-state index < -0.39 is 0 Å². The summed E-state index contributed by atoms with van der Waals surface area (Å²) < 4.78 is 0. The number of carbonyl (C=O) groups excluding carboxylic acids is 1. The van der Waals surface area contributed by atoms with Crippen molar-refractivity contribution < 1.29 is 4.79 Å². The van der Waals surface area contributed by atoms with Crippen molar-refractivity contribution in [3.05, 3.63) is 0 Å². The molecule has 2 aliphatic rings. The molecule has 2 saturated carbocycles. The molecule has 1 amide bonds. The average molecular weight is 266 g/mol. The Morgan fingerprint density at radius 3 is 2.42 bits per heavy atom. The van der Waals surface area contributed by atoms with Gasteiger partial charge in [-0.15, -0.1) is 0 Å². The maximum Gasteiger partial charge on any atom is 0.234 e. The highest BCUT2D eigenvalue weighted by Crippen LogP contribution is 2.49. The molecule has 19 heavy (non-hydrogen) atoms. The Morgan fingerprint density at radius 1 is 1.16 bits per heavy atom. The Hall–Kier alpha value is -0.570. The zero-order chi connectivity index (χ0) is 14.0. The van der Waals surface area contributed by atoms with Crippen molar-refractivity contribution in [2.45, 2.75) is 65.5 Å². The second kappa shape index (κ2) is 6.25. The lowest BCUT2D eigenvalue weighted by atomic mass is 9.84. The summed E-state index contributed by atoms with van der Waals surface area (Å²) >= 11 is 0. The first kappa shape index (κ1) is 14.8. The molecule has 3 nitrogen and oxygen atoms in total. The molecule has 0 heterocycles. The van der Waals surface area contributed by atoms with Crippen LogP contribution in [0.2, 0.25) is 0 Å². The molecule has 0 aliphatic heterocycles. The van der Waals surface area contributed by atoms with Gasteiger partial charge in [0, 0.05) is 12.1 Å². The molecule has 0 spiro atoms. The molecule has 0 radical (unpaired) electrons. The van der Waals surface area contributed by atoms with Crippen molar-refractivity contribution in [1.82, 2.24) is 10.6 Å². The summed E-state index contributed by atoms with van der Waals surface area (Å²) in [4.78, 5) is 11.9. The van der Waals surface area contributed by atoms with Gasteiger partial charge in [-0.2, -0.15) is 0 Å². The van der Waals surface area contributed by atoms with Crippen LogP contribution in [0, 0.1) is 23.7 Å². The van der Waals surface area contributed by atoms with Gasteiger partial charge in [0.2, 0.25) is 5.91 Å². The smallest absolute Gasteiger partial charge is 0.234 e. The first-order valence-corrected chi connectivity index (χ1v) is 8.00. The maximum atomic E-state index is 11.9. The van der Waals surface area contributed by atoms with Crippen molar-refractivity contribution in [3.63, 3.8) is 0 Å². The average Bonchev–Trinajstić information content (AvgIpc) is 2.97. The fourth-order valence-corrected chi connectivity index (χ4v) is 3.78. The molecule has 3 heteroatoms. The molecule has 5 atom stereocenters. The molecule has 2 rings (SSSR count). The summed E-state index contributed by atoms with van der Waals surface area (Å²) in [5.74, 6) is 3.33. The predicted octanol–water partition coefficient (Wildman–Crippen LogP) is 2.56. The van der Waals surface area contributed by atoms with Crippen LogP contribution >= 0.6 is 0 Å². The first-order valence-electron chi connectivity index (χ1n) is 8.00. The molecule has 0 saturated heterocycles. The van der Waals surface area contributed by atoms with E-state index in [4.69, 9.17) is 0 Å². The third kappa shape index (κ3) is 3.71. The minimum atomic E-state index is 0.135. The molecular weight excluding hydrogens is 236 g/mol. The molecule has 0 aromatic carbocycles. The van der Waals surface area contributed by atoms with Gasteiger partial charge in [-0.25, -0.2) is 0 Å². The normalized spacial score (nSPS) is 32.6. The maximum absolute atomic E-state index is 11.9. The topological polar surface area (TPSA) is 41.1 Å². The predicted molar refractivity (Wildman–Crippen MR) is 78.8 cm³/mol. The summed E-state index contributed by atoms with van der Waals surface area (Å²) in [5.41, 5.74) is 0. The SMILES string of the molecule is CC(C)C(C)NC(=O)CNC(C)C1CC2CCC1C2. The van der Waals surface area contributed by atoms with Gasteiger partial charge in [0.25, 0.3) is 0 Å². The van der Waals surface area contributed by atoms with Crippen LogP contribution in [0.3, 0.4) is 0 Å². The molecule has 2 fully saturated rings. The molecule has 110 valence electrons.